The Hall–Kier alpha value is -3.45. The van der Waals surface area contributed by atoms with Crippen molar-refractivity contribution in [2.45, 2.75) is 96.4 Å². The maximum atomic E-state index is 15.2. The standard InChI is InChI=1S/C34H36F10O4/c1-2-3-4-5-19-6-15-28(25(35)16-19)46-32(45)22-9-7-20(8-10-22)29(38)30(39)21-11-13-23(14-12-21)33(40,41)47-24-17-26(36)31(27(37)18-24)48-34(42,43)44/h6,15-18,20-23H,2-5,7-14H2,1H3/b30-29+. The van der Waals surface area contributed by atoms with Crippen LogP contribution in [-0.2, 0) is 11.2 Å². The number of carbonyl (C=O) groups is 1. The number of rotatable bonds is 12. The number of aryl methyl sites for hydroxylation is 1. The number of halogens is 10. The summed E-state index contributed by atoms with van der Waals surface area (Å²) in [7, 11) is 0. The van der Waals surface area contributed by atoms with Gasteiger partial charge in [-0.05, 0) is 81.9 Å². The molecule has 4 nitrogen and oxygen atoms in total. The van der Waals surface area contributed by atoms with E-state index in [1.807, 2.05) is 0 Å². The predicted octanol–water partition coefficient (Wildman–Crippen LogP) is 11.1. The summed E-state index contributed by atoms with van der Waals surface area (Å²) < 4.78 is 152. The van der Waals surface area contributed by atoms with Gasteiger partial charge < -0.3 is 14.2 Å². The van der Waals surface area contributed by atoms with Crippen molar-refractivity contribution in [1.82, 2.24) is 0 Å². The number of alkyl halides is 5. The van der Waals surface area contributed by atoms with Crippen LogP contribution in [0.5, 0.6) is 17.2 Å². The summed E-state index contributed by atoms with van der Waals surface area (Å²) in [5.74, 6) is -14.3. The molecule has 2 aromatic rings. The molecule has 0 amide bonds. The number of hydrogen-bond donors (Lipinski definition) is 0. The van der Waals surface area contributed by atoms with Gasteiger partial charge in [-0.2, -0.15) is 8.78 Å². The zero-order chi connectivity index (χ0) is 35.2. The van der Waals surface area contributed by atoms with Crippen LogP contribution in [-0.4, -0.2) is 18.4 Å². The third-order valence-electron chi connectivity index (χ3n) is 8.93. The largest absolute Gasteiger partial charge is 0.573 e. The molecule has 2 aliphatic rings. The van der Waals surface area contributed by atoms with E-state index in [1.54, 1.807) is 6.07 Å². The highest BCUT2D eigenvalue weighted by Crippen LogP contribution is 2.45. The number of ether oxygens (including phenoxy) is 3. The van der Waals surface area contributed by atoms with Gasteiger partial charge in [0, 0.05) is 24.0 Å². The van der Waals surface area contributed by atoms with Gasteiger partial charge in [-0.25, -0.2) is 22.0 Å². The number of benzene rings is 2. The molecule has 0 spiro atoms. The van der Waals surface area contributed by atoms with Gasteiger partial charge >= 0.3 is 18.4 Å². The maximum Gasteiger partial charge on any atom is 0.573 e. The molecule has 0 N–H and O–H groups in total. The molecular formula is C34H36F10O4. The lowest BCUT2D eigenvalue weighted by Crippen LogP contribution is -2.37. The van der Waals surface area contributed by atoms with E-state index in [2.05, 4.69) is 16.4 Å². The highest BCUT2D eigenvalue weighted by atomic mass is 19.4. The molecule has 48 heavy (non-hydrogen) atoms. The van der Waals surface area contributed by atoms with E-state index in [0.29, 0.717) is 6.42 Å². The summed E-state index contributed by atoms with van der Waals surface area (Å²) in [5, 5.41) is 0. The van der Waals surface area contributed by atoms with Crippen molar-refractivity contribution < 1.29 is 62.9 Å². The van der Waals surface area contributed by atoms with Crippen LogP contribution in [0.15, 0.2) is 42.0 Å². The third-order valence-corrected chi connectivity index (χ3v) is 8.93. The second kappa shape index (κ2) is 15.8. The topological polar surface area (TPSA) is 44.8 Å². The smallest absolute Gasteiger partial charge is 0.432 e. The van der Waals surface area contributed by atoms with E-state index < -0.39 is 82.7 Å². The lowest BCUT2D eigenvalue weighted by molar-refractivity contribution is -0.276. The summed E-state index contributed by atoms with van der Waals surface area (Å²) in [6, 6.07) is 4.69. The second-order valence-corrected chi connectivity index (χ2v) is 12.4. The van der Waals surface area contributed by atoms with Crippen molar-refractivity contribution in [3.8, 4) is 17.2 Å². The number of esters is 1. The minimum Gasteiger partial charge on any atom is -0.432 e. The highest BCUT2D eigenvalue weighted by Gasteiger charge is 2.45. The van der Waals surface area contributed by atoms with Gasteiger partial charge in [-0.3, -0.25) is 4.79 Å². The quantitative estimate of drug-likeness (QED) is 0.0958. The number of allylic oxidation sites excluding steroid dienone is 2. The Morgan fingerprint density at radius 1 is 0.729 bits per heavy atom. The summed E-state index contributed by atoms with van der Waals surface area (Å²) >= 11 is 0. The van der Waals surface area contributed by atoms with Crippen molar-refractivity contribution in [2.75, 3.05) is 0 Å². The molecule has 0 atom stereocenters. The Morgan fingerprint density at radius 3 is 1.79 bits per heavy atom. The third kappa shape index (κ3) is 9.81. The van der Waals surface area contributed by atoms with Crippen LogP contribution < -0.4 is 14.2 Å². The van der Waals surface area contributed by atoms with Gasteiger partial charge in [0.25, 0.3) is 0 Å². The lowest BCUT2D eigenvalue weighted by atomic mass is 9.77. The van der Waals surface area contributed by atoms with Crippen LogP contribution in [0, 0.1) is 41.1 Å². The minimum atomic E-state index is -5.42. The van der Waals surface area contributed by atoms with E-state index in [1.165, 1.54) is 12.1 Å². The Bertz CT molecular complexity index is 1420. The Balaban J connectivity index is 1.27. The van der Waals surface area contributed by atoms with Crippen molar-refractivity contribution in [1.29, 1.82) is 0 Å². The van der Waals surface area contributed by atoms with Gasteiger partial charge in [0.05, 0.1) is 11.8 Å². The Morgan fingerprint density at radius 2 is 1.27 bits per heavy atom. The van der Waals surface area contributed by atoms with Crippen LogP contribution in [0.1, 0.15) is 83.1 Å². The van der Waals surface area contributed by atoms with Crippen LogP contribution in [0.25, 0.3) is 0 Å². The number of carbonyl (C=O) groups excluding carboxylic acids is 1. The molecule has 4 rings (SSSR count). The average molecular weight is 699 g/mol. The molecule has 2 saturated carbocycles. The number of unbranched alkanes of at least 4 members (excludes halogenated alkanes) is 2. The fraction of sp³-hybridized carbons (Fsp3) is 0.559. The fourth-order valence-electron chi connectivity index (χ4n) is 6.26. The average Bonchev–Trinajstić information content (AvgIpc) is 3.03. The second-order valence-electron chi connectivity index (χ2n) is 12.4. The van der Waals surface area contributed by atoms with Gasteiger partial charge in [0.15, 0.2) is 23.2 Å². The van der Waals surface area contributed by atoms with Crippen LogP contribution >= 0.6 is 0 Å². The molecule has 14 heteroatoms. The van der Waals surface area contributed by atoms with Gasteiger partial charge in [-0.1, -0.05) is 25.8 Å². The van der Waals surface area contributed by atoms with Gasteiger partial charge in [0.2, 0.25) is 5.75 Å². The van der Waals surface area contributed by atoms with Crippen molar-refractivity contribution >= 4 is 5.97 Å². The normalized spacial score (nSPS) is 22.6. The van der Waals surface area contributed by atoms with E-state index >= 15 is 8.78 Å². The molecule has 0 saturated heterocycles. The summed E-state index contributed by atoms with van der Waals surface area (Å²) in [6.07, 6.45) is -6.23. The first-order chi connectivity index (χ1) is 22.6. The highest BCUT2D eigenvalue weighted by molar-refractivity contribution is 5.75. The first-order valence-corrected chi connectivity index (χ1v) is 15.9. The molecule has 0 radical (unpaired) electrons. The first kappa shape index (κ1) is 37.4. The summed E-state index contributed by atoms with van der Waals surface area (Å²) in [4.78, 5) is 12.7. The molecule has 2 fully saturated rings. The predicted molar refractivity (Wildman–Crippen MR) is 154 cm³/mol. The molecular weight excluding hydrogens is 662 g/mol. The van der Waals surface area contributed by atoms with Crippen molar-refractivity contribution in [3.63, 3.8) is 0 Å². The van der Waals surface area contributed by atoms with Gasteiger partial charge in [0.1, 0.15) is 17.4 Å². The SMILES string of the molecule is CCCCCc1ccc(OC(=O)C2CCC(/C(F)=C(\F)C3CCC(C(F)(F)Oc4cc(F)c(OC(F)(F)F)c(F)c4)CC3)CC2)c(F)c1. The van der Waals surface area contributed by atoms with Crippen LogP contribution in [0.3, 0.4) is 0 Å². The van der Waals surface area contributed by atoms with E-state index in [-0.39, 0.29) is 69.2 Å². The van der Waals surface area contributed by atoms with Crippen LogP contribution in [0.4, 0.5) is 43.9 Å². The van der Waals surface area contributed by atoms with E-state index in [4.69, 9.17) is 4.74 Å². The summed E-state index contributed by atoms with van der Waals surface area (Å²) in [6.45, 7) is 2.06. The molecule has 2 aromatic carbocycles. The fourth-order valence-corrected chi connectivity index (χ4v) is 6.26. The number of hydrogen-bond acceptors (Lipinski definition) is 4. The zero-order valence-corrected chi connectivity index (χ0v) is 26.1. The van der Waals surface area contributed by atoms with Crippen molar-refractivity contribution in [2.24, 2.45) is 23.7 Å². The molecule has 0 unspecified atom stereocenters. The monoisotopic (exact) mass is 698 g/mol. The molecule has 266 valence electrons. The molecule has 0 aliphatic heterocycles. The van der Waals surface area contributed by atoms with Gasteiger partial charge in [-0.15, -0.1) is 13.2 Å². The lowest BCUT2D eigenvalue weighted by Gasteiger charge is -2.33. The molecule has 2 aliphatic carbocycles. The molecule has 0 heterocycles. The van der Waals surface area contributed by atoms with Crippen molar-refractivity contribution in [3.05, 3.63) is 65.0 Å². The van der Waals surface area contributed by atoms with E-state index in [9.17, 15) is 39.9 Å². The maximum absolute atomic E-state index is 15.2. The Kier molecular flexibility index (Phi) is 12.3. The molecule has 0 bridgehead atoms. The van der Waals surface area contributed by atoms with Crippen LogP contribution in [0.2, 0.25) is 0 Å². The summed E-state index contributed by atoms with van der Waals surface area (Å²) in [5.41, 5.74) is 0.793. The Labute approximate surface area is 271 Å². The minimum absolute atomic E-state index is 0.124. The van der Waals surface area contributed by atoms with E-state index in [0.717, 1.165) is 24.8 Å². The molecule has 0 aromatic heterocycles. The first-order valence-electron chi connectivity index (χ1n) is 15.9. The zero-order valence-electron chi connectivity index (χ0n) is 26.1.